The molecule has 3 heteroatoms. The Morgan fingerprint density at radius 1 is 0.809 bits per heavy atom. The van der Waals surface area contributed by atoms with Gasteiger partial charge >= 0.3 is 28.4 Å². The van der Waals surface area contributed by atoms with Crippen molar-refractivity contribution in [2.75, 3.05) is 0 Å². The molecule has 1 unspecified atom stereocenters. The first-order valence-corrected chi connectivity index (χ1v) is 17.9. The van der Waals surface area contributed by atoms with Gasteiger partial charge in [0.2, 0.25) is 0 Å². The fourth-order valence-corrected chi connectivity index (χ4v) is 6.67. The molecule has 0 fully saturated rings. The van der Waals surface area contributed by atoms with Crippen molar-refractivity contribution < 1.29 is 24.2 Å². The van der Waals surface area contributed by atoms with Gasteiger partial charge in [-0.25, -0.2) is 11.6 Å². The molecule has 4 aliphatic carbocycles. The Hall–Kier alpha value is -2.05. The van der Waals surface area contributed by atoms with Gasteiger partial charge in [0.05, 0.1) is 0 Å². The summed E-state index contributed by atoms with van der Waals surface area (Å²) in [5, 5.41) is 0. The summed E-state index contributed by atoms with van der Waals surface area (Å²) in [4.78, 5) is 0. The Bertz CT molecular complexity index is 1520. The van der Waals surface area contributed by atoms with E-state index < -0.39 is 0 Å². The van der Waals surface area contributed by atoms with Crippen molar-refractivity contribution in [2.24, 2.45) is 11.3 Å². The molecule has 0 radical (unpaired) electrons. The van der Waals surface area contributed by atoms with Gasteiger partial charge in [-0.15, -0.1) is 36.4 Å². The number of allylic oxidation sites excluding steroid dienone is 8. The van der Waals surface area contributed by atoms with Gasteiger partial charge in [0.25, 0.3) is 0 Å². The Balaban J connectivity index is 0.000000418. The van der Waals surface area contributed by atoms with Crippen LogP contribution in [0.25, 0.3) is 22.3 Å². The minimum absolute atomic E-state index is 0. The van der Waals surface area contributed by atoms with Gasteiger partial charge in [-0.1, -0.05) is 97.3 Å². The second-order valence-electron chi connectivity index (χ2n) is 14.3. The maximum atomic E-state index is 3.65. The molecular weight excluding hydrogens is 691 g/mol. The van der Waals surface area contributed by atoms with Crippen molar-refractivity contribution in [2.45, 2.75) is 93.4 Å². The van der Waals surface area contributed by atoms with E-state index in [2.05, 4.69) is 141 Å². The predicted octanol–water partition coefficient (Wildman–Crippen LogP) is 12.6. The van der Waals surface area contributed by atoms with Crippen molar-refractivity contribution >= 4 is 40.2 Å². The zero-order valence-electron chi connectivity index (χ0n) is 30.4. The third-order valence-corrected chi connectivity index (χ3v) is 8.84. The van der Waals surface area contributed by atoms with Crippen LogP contribution >= 0.6 is 24.8 Å². The van der Waals surface area contributed by atoms with E-state index in [1.165, 1.54) is 85.5 Å². The number of hydrogen-bond acceptors (Lipinski definition) is 0. The van der Waals surface area contributed by atoms with Crippen LogP contribution in [0.2, 0.25) is 0 Å². The predicted molar refractivity (Wildman–Crippen MR) is 209 cm³/mol. The number of hydrogen-bond donors (Lipinski definition) is 0. The second kappa shape index (κ2) is 17.6. The van der Waals surface area contributed by atoms with E-state index in [1.807, 2.05) is 30.3 Å². The molecule has 0 amide bonds. The van der Waals surface area contributed by atoms with Crippen LogP contribution in [0.1, 0.15) is 110 Å². The molecule has 7 rings (SSSR count). The largest absolute Gasteiger partial charge is 0.184 e. The first-order chi connectivity index (χ1) is 21.2. The summed E-state index contributed by atoms with van der Waals surface area (Å²) in [6.45, 7) is 27.5. The fraction of sp³-hybridized carbons (Fsp3) is 0.364. The van der Waals surface area contributed by atoms with Crippen LogP contribution in [0.4, 0.5) is 0 Å². The van der Waals surface area contributed by atoms with Gasteiger partial charge < -0.3 is 6.92 Å². The quantitative estimate of drug-likeness (QED) is 0.157. The molecule has 0 nitrogen and oxygen atoms in total. The van der Waals surface area contributed by atoms with E-state index in [4.69, 9.17) is 0 Å². The zero-order valence-corrected chi connectivity index (χ0v) is 34.5. The van der Waals surface area contributed by atoms with E-state index in [0.29, 0.717) is 11.3 Å². The summed E-state index contributed by atoms with van der Waals surface area (Å²) in [6, 6.07) is 22.3. The van der Waals surface area contributed by atoms with E-state index in [9.17, 15) is 0 Å². The van der Waals surface area contributed by atoms with E-state index >= 15 is 0 Å². The molecule has 3 aromatic carbocycles. The number of rotatable bonds is 0. The Labute approximate surface area is 315 Å². The van der Waals surface area contributed by atoms with Crippen LogP contribution < -0.4 is 0 Å². The van der Waals surface area contributed by atoms with Gasteiger partial charge in [0, 0.05) is 5.41 Å². The molecule has 0 N–H and O–H groups in total. The minimum atomic E-state index is 0. The maximum absolute atomic E-state index is 3.65. The molecule has 0 aliphatic heterocycles. The first-order valence-electron chi connectivity index (χ1n) is 16.1. The molecule has 252 valence electrons. The molecule has 3 aromatic rings. The van der Waals surface area contributed by atoms with Crippen LogP contribution in [0.3, 0.4) is 0 Å². The minimum Gasteiger partial charge on any atom is -0.184 e. The summed E-state index contributed by atoms with van der Waals surface area (Å²) in [7, 11) is 0. The van der Waals surface area contributed by atoms with Gasteiger partial charge in [0.15, 0.2) is 0 Å². The summed E-state index contributed by atoms with van der Waals surface area (Å²) >= 11 is 1.30. The fourth-order valence-electron chi connectivity index (χ4n) is 6.67. The molecule has 0 aromatic heterocycles. The third kappa shape index (κ3) is 9.78. The van der Waals surface area contributed by atoms with Gasteiger partial charge in [-0.05, 0) is 58.4 Å². The van der Waals surface area contributed by atoms with Crippen LogP contribution in [-0.4, -0.2) is 4.21 Å². The zero-order chi connectivity index (χ0) is 33.7. The van der Waals surface area contributed by atoms with Crippen molar-refractivity contribution in [3.63, 3.8) is 0 Å². The topological polar surface area (TPSA) is 0 Å². The number of benzene rings is 3. The van der Waals surface area contributed by atoms with E-state index in [-0.39, 0.29) is 35.6 Å². The summed E-state index contributed by atoms with van der Waals surface area (Å²) in [5.41, 5.74) is 16.3. The maximum Gasteiger partial charge on any atom is -0.171 e. The number of halogens is 2. The van der Waals surface area contributed by atoms with Crippen LogP contribution in [0.5, 0.6) is 0 Å². The molecule has 0 heterocycles. The van der Waals surface area contributed by atoms with Crippen LogP contribution in [0.15, 0.2) is 78.4 Å². The standard InChI is InChI=1S/C25H25.C10H15.C6H5.C2H5.CH2.2ClH.Zr/c1-14-12-24(3,4)22-8-16-7-17-9-23-19(15(2)13-25(23,5)6)11-21(17)20(16)10-18(14)22;1-8-5-6-9(7-8)10(2,3)4;1-2-4-6-5-3-1;1-2;;;;/h8-12H,7H2,1-6H3;6-8H,1-4H3;1-5H;1H2,2H3;1H2;2*1H;/q4*-1;;;;. The van der Waals surface area contributed by atoms with Crippen molar-refractivity contribution in [3.8, 4) is 11.1 Å². The van der Waals surface area contributed by atoms with Crippen LogP contribution in [0, 0.1) is 36.5 Å². The Morgan fingerprint density at radius 3 is 1.77 bits per heavy atom. The average Bonchev–Trinajstić information content (AvgIpc) is 3.72. The molecule has 0 saturated carbocycles. The molecule has 4 aliphatic rings. The summed E-state index contributed by atoms with van der Waals surface area (Å²) in [6.07, 6.45) is 14.8. The normalized spacial score (nSPS) is 17.5. The molecule has 0 bridgehead atoms. The van der Waals surface area contributed by atoms with E-state index in [1.54, 1.807) is 6.92 Å². The van der Waals surface area contributed by atoms with Crippen LogP contribution in [-0.2, 0) is 41.5 Å². The molecule has 0 spiro atoms. The average molecular weight is 745 g/mol. The van der Waals surface area contributed by atoms with Gasteiger partial charge in [0.1, 0.15) is 0 Å². The van der Waals surface area contributed by atoms with Gasteiger partial charge in [-0.2, -0.15) is 60.5 Å². The SMILES string of the molecule is CC1=[C-]C(C)(C)c2cc3c(cc21)-c1cc2c(cc1C3)C(C)(C)C=C2C.CC1[C-]=CC(C(C)(C)C)=C1.Cl.Cl.[CH2-]C.[CH2]=[Zr].[c-]1ccccc1. The molecular formula is C44H54Cl2Zr-4. The number of fused-ring (bicyclic) bond motifs is 5. The third-order valence-electron chi connectivity index (χ3n) is 8.84. The first kappa shape index (κ1) is 43.0. The monoisotopic (exact) mass is 742 g/mol. The summed E-state index contributed by atoms with van der Waals surface area (Å²) in [5.74, 6) is 0.522. The van der Waals surface area contributed by atoms with E-state index in [0.717, 1.165) is 6.42 Å². The second-order valence-corrected chi connectivity index (χ2v) is 14.3. The Morgan fingerprint density at radius 2 is 1.34 bits per heavy atom. The summed E-state index contributed by atoms with van der Waals surface area (Å²) < 4.78 is 3.34. The van der Waals surface area contributed by atoms with Gasteiger partial charge in [-0.3, -0.25) is 12.2 Å². The Kier molecular flexibility index (Phi) is 16.1. The molecule has 1 atom stereocenters. The molecule has 47 heavy (non-hydrogen) atoms. The van der Waals surface area contributed by atoms with Crippen molar-refractivity contribution in [1.29, 1.82) is 0 Å². The van der Waals surface area contributed by atoms with Crippen molar-refractivity contribution in [1.82, 2.24) is 0 Å². The molecule has 0 saturated heterocycles. The smallest absolute Gasteiger partial charge is 0.171 e. The van der Waals surface area contributed by atoms with Crippen molar-refractivity contribution in [3.05, 3.63) is 137 Å².